The first kappa shape index (κ1) is 19.0. The molecule has 0 N–H and O–H groups in total. The number of carbonyl (C=O) groups excluding carboxylic acids is 2. The highest BCUT2D eigenvalue weighted by Crippen LogP contribution is 2.42. The lowest BCUT2D eigenvalue weighted by Crippen LogP contribution is -2.40. The maximum atomic E-state index is 13.2. The van der Waals surface area contributed by atoms with Crippen LogP contribution in [0.3, 0.4) is 0 Å². The third-order valence-corrected chi connectivity index (χ3v) is 6.88. The van der Waals surface area contributed by atoms with E-state index in [1.54, 1.807) is 0 Å². The summed E-state index contributed by atoms with van der Waals surface area (Å²) in [4.78, 5) is 27.6. The van der Waals surface area contributed by atoms with Gasteiger partial charge in [-0.05, 0) is 78.7 Å². The van der Waals surface area contributed by atoms with Gasteiger partial charge in [0.25, 0.3) is 11.8 Å². The number of amides is 2. The fourth-order valence-electron chi connectivity index (χ4n) is 5.27. The Balaban J connectivity index is 1.37. The summed E-state index contributed by atoms with van der Waals surface area (Å²) >= 11 is 0. The predicted octanol–water partition coefficient (Wildman–Crippen LogP) is 6.40. The van der Waals surface area contributed by atoms with E-state index in [0.29, 0.717) is 22.2 Å². The predicted molar refractivity (Wildman–Crippen MR) is 121 cm³/mol. The molecule has 2 amide bonds. The van der Waals surface area contributed by atoms with Gasteiger partial charge in [-0.2, -0.15) is 0 Å². The van der Waals surface area contributed by atoms with Crippen LogP contribution < -0.4 is 4.90 Å². The van der Waals surface area contributed by atoms with Gasteiger partial charge in [-0.1, -0.05) is 50.2 Å². The van der Waals surface area contributed by atoms with Gasteiger partial charge in [0, 0.05) is 16.5 Å². The monoisotopic (exact) mass is 397 g/mol. The Morgan fingerprint density at radius 2 is 1.53 bits per heavy atom. The van der Waals surface area contributed by atoms with E-state index in [9.17, 15) is 9.59 Å². The van der Waals surface area contributed by atoms with E-state index in [1.807, 2.05) is 48.5 Å². The molecule has 1 aliphatic carbocycles. The lowest BCUT2D eigenvalue weighted by atomic mass is 9.89. The normalized spacial score (nSPS) is 20.2. The highest BCUT2D eigenvalue weighted by molar-refractivity contribution is 6.35. The summed E-state index contributed by atoms with van der Waals surface area (Å²) in [5, 5.41) is 1.69. The maximum Gasteiger partial charge on any atom is 0.265 e. The maximum absolute atomic E-state index is 13.2. The van der Waals surface area contributed by atoms with Gasteiger partial charge in [0.2, 0.25) is 0 Å². The molecule has 5 rings (SSSR count). The third kappa shape index (κ3) is 3.23. The quantitative estimate of drug-likeness (QED) is 0.478. The van der Waals surface area contributed by atoms with Crippen molar-refractivity contribution in [2.45, 2.75) is 46.0 Å². The minimum atomic E-state index is -0.245. The Hall–Kier alpha value is -2.94. The zero-order valence-electron chi connectivity index (χ0n) is 17.7. The van der Waals surface area contributed by atoms with Gasteiger partial charge < -0.3 is 0 Å². The lowest BCUT2D eigenvalue weighted by Gasteiger charge is -2.27. The van der Waals surface area contributed by atoms with E-state index in [4.69, 9.17) is 0 Å². The number of nitrogens with zero attached hydrogens (tertiary/aromatic N) is 1. The van der Waals surface area contributed by atoms with Crippen molar-refractivity contribution >= 4 is 28.3 Å². The second-order valence-corrected chi connectivity index (χ2v) is 9.63. The van der Waals surface area contributed by atoms with Crippen molar-refractivity contribution in [2.24, 2.45) is 11.3 Å². The van der Waals surface area contributed by atoms with Crippen LogP contribution in [-0.4, -0.2) is 11.8 Å². The van der Waals surface area contributed by atoms with E-state index in [0.717, 1.165) is 23.1 Å². The van der Waals surface area contributed by atoms with Crippen LogP contribution >= 0.6 is 0 Å². The Kier molecular flexibility index (Phi) is 4.50. The molecule has 3 aromatic carbocycles. The number of anilines is 1. The second-order valence-electron chi connectivity index (χ2n) is 9.63. The second kappa shape index (κ2) is 7.09. The molecular formula is C27H27NO2. The molecule has 1 fully saturated rings. The topological polar surface area (TPSA) is 37.4 Å². The molecule has 30 heavy (non-hydrogen) atoms. The van der Waals surface area contributed by atoms with Gasteiger partial charge in [0.1, 0.15) is 0 Å². The summed E-state index contributed by atoms with van der Waals surface area (Å²) in [6.07, 6.45) is 6.22. The van der Waals surface area contributed by atoms with Crippen molar-refractivity contribution in [3.05, 3.63) is 77.4 Å². The van der Waals surface area contributed by atoms with Crippen molar-refractivity contribution in [3.8, 4) is 0 Å². The Morgan fingerprint density at radius 3 is 2.10 bits per heavy atom. The van der Waals surface area contributed by atoms with E-state index in [2.05, 4.69) is 26.0 Å². The van der Waals surface area contributed by atoms with Crippen molar-refractivity contribution in [3.63, 3.8) is 0 Å². The number of hydrogen-bond acceptors (Lipinski definition) is 2. The molecule has 3 nitrogen and oxygen atoms in total. The van der Waals surface area contributed by atoms with Gasteiger partial charge >= 0.3 is 0 Å². The van der Waals surface area contributed by atoms with E-state index in [-0.39, 0.29) is 11.8 Å². The van der Waals surface area contributed by atoms with Gasteiger partial charge in [-0.3, -0.25) is 9.59 Å². The fraction of sp³-hybridized carbons (Fsp3) is 0.333. The van der Waals surface area contributed by atoms with Crippen molar-refractivity contribution in [1.82, 2.24) is 0 Å². The molecule has 2 aliphatic rings. The molecule has 1 heterocycles. The third-order valence-electron chi connectivity index (χ3n) is 6.88. The molecular weight excluding hydrogens is 370 g/mol. The average molecular weight is 398 g/mol. The molecule has 1 atom stereocenters. The van der Waals surface area contributed by atoms with E-state index in [1.165, 1.54) is 36.1 Å². The number of aryl methyl sites for hydroxylation is 1. The summed E-state index contributed by atoms with van der Waals surface area (Å²) < 4.78 is 0. The first-order chi connectivity index (χ1) is 14.4. The van der Waals surface area contributed by atoms with Crippen molar-refractivity contribution in [2.75, 3.05) is 4.90 Å². The molecule has 3 aromatic rings. The number of imide groups is 1. The van der Waals surface area contributed by atoms with E-state index < -0.39 is 0 Å². The molecule has 152 valence electrons. The average Bonchev–Trinajstić information content (AvgIpc) is 3.10. The van der Waals surface area contributed by atoms with Gasteiger partial charge in [0.15, 0.2) is 0 Å². The minimum absolute atomic E-state index is 0.245. The molecule has 0 bridgehead atoms. The Labute approximate surface area is 177 Å². The largest absolute Gasteiger partial charge is 0.268 e. The van der Waals surface area contributed by atoms with Crippen LogP contribution in [0.4, 0.5) is 5.69 Å². The standard InChI is InChI=1S/C27H27NO2/c1-27(2)16-15-19(17-27)10-9-18-11-13-21(14-12-18)28-25(29)22-7-3-5-20-6-4-8-23(24(20)22)26(28)30/h3-8,11-14,19H,9-10,15-17H2,1-2H3. The molecule has 3 heteroatoms. The van der Waals surface area contributed by atoms with E-state index >= 15 is 0 Å². The van der Waals surface area contributed by atoms with Crippen molar-refractivity contribution in [1.29, 1.82) is 0 Å². The minimum Gasteiger partial charge on any atom is -0.268 e. The molecule has 0 saturated heterocycles. The van der Waals surface area contributed by atoms with Crippen LogP contribution in [0.25, 0.3) is 10.8 Å². The first-order valence-corrected chi connectivity index (χ1v) is 10.9. The van der Waals surface area contributed by atoms with Gasteiger partial charge in [0.05, 0.1) is 5.69 Å². The lowest BCUT2D eigenvalue weighted by molar-refractivity contribution is 0.0893. The summed E-state index contributed by atoms with van der Waals surface area (Å²) in [6, 6.07) is 19.2. The molecule has 1 saturated carbocycles. The zero-order valence-corrected chi connectivity index (χ0v) is 17.7. The van der Waals surface area contributed by atoms with Crippen LogP contribution in [0, 0.1) is 11.3 Å². The highest BCUT2D eigenvalue weighted by atomic mass is 16.2. The summed E-state index contributed by atoms with van der Waals surface area (Å²) in [5.74, 6) is 0.317. The number of rotatable bonds is 4. The smallest absolute Gasteiger partial charge is 0.265 e. The summed E-state index contributed by atoms with van der Waals surface area (Å²) in [5.41, 5.74) is 3.58. The number of benzene rings is 3. The van der Waals surface area contributed by atoms with Crippen LogP contribution in [0.5, 0.6) is 0 Å². The van der Waals surface area contributed by atoms with Crippen LogP contribution in [0.1, 0.15) is 65.8 Å². The molecule has 0 radical (unpaired) electrons. The van der Waals surface area contributed by atoms with Crippen LogP contribution in [0.15, 0.2) is 60.7 Å². The first-order valence-electron chi connectivity index (χ1n) is 10.9. The fourth-order valence-corrected chi connectivity index (χ4v) is 5.27. The molecule has 1 aliphatic heterocycles. The molecule has 0 spiro atoms. The van der Waals surface area contributed by atoms with Crippen LogP contribution in [0.2, 0.25) is 0 Å². The number of carbonyl (C=O) groups is 2. The zero-order chi connectivity index (χ0) is 20.9. The Morgan fingerprint density at radius 1 is 0.900 bits per heavy atom. The Bertz CT molecular complexity index is 1090. The SMILES string of the molecule is CC1(C)CCC(CCc2ccc(N3C(=O)c4cccc5cccc(c45)C3=O)cc2)C1. The van der Waals surface area contributed by atoms with Crippen LogP contribution in [-0.2, 0) is 6.42 Å². The molecule has 0 aromatic heterocycles. The van der Waals surface area contributed by atoms with Crippen molar-refractivity contribution < 1.29 is 9.59 Å². The number of hydrogen-bond donors (Lipinski definition) is 0. The summed E-state index contributed by atoms with van der Waals surface area (Å²) in [7, 11) is 0. The van der Waals surface area contributed by atoms with Gasteiger partial charge in [-0.15, -0.1) is 0 Å². The van der Waals surface area contributed by atoms with Gasteiger partial charge in [-0.25, -0.2) is 4.90 Å². The highest BCUT2D eigenvalue weighted by Gasteiger charge is 2.34. The summed E-state index contributed by atoms with van der Waals surface area (Å²) in [6.45, 7) is 4.74. The molecule has 1 unspecified atom stereocenters.